The number of hydrogen-bond donors (Lipinski definition) is 2. The normalized spacial score (nSPS) is 17.9. The molecule has 4 N–H and O–H groups in total. The first kappa shape index (κ1) is 39.4. The van der Waals surface area contributed by atoms with E-state index in [2.05, 4.69) is 101 Å². The minimum atomic E-state index is -2.72. The molecular weight excluding hydrogens is 549 g/mol. The largest absolute Gasteiger partial charge is 0.414 e. The van der Waals surface area contributed by atoms with Crippen LogP contribution >= 0.6 is 0 Å². The molecule has 3 atom stereocenters. The van der Waals surface area contributed by atoms with Gasteiger partial charge in [-0.15, -0.1) is 6.58 Å². The zero-order chi connectivity index (χ0) is 31.0. The molecule has 0 bridgehead atoms. The summed E-state index contributed by atoms with van der Waals surface area (Å²) in [5, 5.41) is -0.243. The third kappa shape index (κ3) is 9.71. The van der Waals surface area contributed by atoms with Crippen LogP contribution in [0.2, 0.25) is 63.5 Å². The second-order valence-electron chi connectivity index (χ2n) is 14.5. The highest BCUT2D eigenvalue weighted by Crippen LogP contribution is 2.47. The van der Waals surface area contributed by atoms with Crippen LogP contribution in [0.15, 0.2) is 12.3 Å². The lowest BCUT2D eigenvalue weighted by molar-refractivity contribution is 0.0121. The highest BCUT2D eigenvalue weighted by molar-refractivity contribution is 6.83. The highest BCUT2D eigenvalue weighted by Gasteiger charge is 2.55. The Labute approximate surface area is 249 Å². The van der Waals surface area contributed by atoms with Crippen molar-refractivity contribution in [2.75, 3.05) is 13.1 Å². The Morgan fingerprint density at radius 2 is 1.18 bits per heavy atom. The first-order chi connectivity index (χ1) is 17.7. The first-order valence-electron chi connectivity index (χ1n) is 15.8. The van der Waals surface area contributed by atoms with Gasteiger partial charge in [0, 0.05) is 16.0 Å². The predicted octanol–water partition coefficient (Wildman–Crippen LogP) is 8.52. The monoisotopic (exact) mass is 618 g/mol. The molecule has 0 aromatic rings. The minimum Gasteiger partial charge on any atom is -0.414 e. The number of rotatable bonds is 21. The molecule has 5 nitrogen and oxygen atoms in total. The van der Waals surface area contributed by atoms with Gasteiger partial charge in [0.15, 0.2) is 8.32 Å². The Balaban J connectivity index is 6.32. The smallest absolute Gasteiger partial charge is 0.361 e. The molecule has 0 aromatic heterocycles. The lowest BCUT2D eigenvalue weighted by Crippen LogP contribution is -2.64. The summed E-state index contributed by atoms with van der Waals surface area (Å²) >= 11 is 0. The molecular formula is C30H70N2O3Si4. The van der Waals surface area contributed by atoms with E-state index in [-0.39, 0.29) is 10.4 Å². The highest BCUT2D eigenvalue weighted by atomic mass is 28.4. The van der Waals surface area contributed by atoms with Crippen molar-refractivity contribution in [3.8, 4) is 0 Å². The van der Waals surface area contributed by atoms with E-state index in [1.807, 2.05) is 5.70 Å². The Hall–Kier alpha value is 0.408. The summed E-state index contributed by atoms with van der Waals surface area (Å²) < 4.78 is 21.9. The number of hydrogen-bond acceptors (Lipinski definition) is 5. The van der Waals surface area contributed by atoms with Crippen molar-refractivity contribution in [3.63, 3.8) is 0 Å². The van der Waals surface area contributed by atoms with Crippen molar-refractivity contribution >= 4 is 33.0 Å². The molecule has 0 aliphatic rings. The van der Waals surface area contributed by atoms with Crippen molar-refractivity contribution in [2.24, 2.45) is 11.5 Å². The van der Waals surface area contributed by atoms with Crippen molar-refractivity contribution in [3.05, 3.63) is 12.3 Å². The van der Waals surface area contributed by atoms with Gasteiger partial charge < -0.3 is 24.7 Å². The lowest BCUT2D eigenvalue weighted by atomic mass is 10.0. The van der Waals surface area contributed by atoms with Gasteiger partial charge in [-0.1, -0.05) is 72.4 Å². The third-order valence-electron chi connectivity index (χ3n) is 10.3. The summed E-state index contributed by atoms with van der Waals surface area (Å²) in [7, 11) is -8.39. The van der Waals surface area contributed by atoms with Gasteiger partial charge in [0.1, 0.15) is 0 Å². The van der Waals surface area contributed by atoms with Crippen molar-refractivity contribution in [1.29, 1.82) is 0 Å². The molecule has 0 radical (unpaired) electrons. The van der Waals surface area contributed by atoms with Crippen LogP contribution in [0.5, 0.6) is 0 Å². The first-order valence-corrected chi connectivity index (χ1v) is 27.6. The van der Waals surface area contributed by atoms with Gasteiger partial charge in [0.25, 0.3) is 0 Å². The fraction of sp³-hybridized carbons (Fsp3) is 0.933. The summed E-state index contributed by atoms with van der Waals surface area (Å²) in [6.07, 6.45) is 6.23. The molecule has 0 aromatic carbocycles. The van der Waals surface area contributed by atoms with Gasteiger partial charge >= 0.3 is 8.56 Å². The maximum atomic E-state index is 7.52. The average molecular weight is 619 g/mol. The van der Waals surface area contributed by atoms with Gasteiger partial charge in [-0.2, -0.15) is 0 Å². The number of nitrogens with two attached hydrogens (primary N) is 2. The zero-order valence-corrected chi connectivity index (χ0v) is 32.8. The second kappa shape index (κ2) is 15.2. The van der Waals surface area contributed by atoms with Crippen molar-refractivity contribution in [1.82, 2.24) is 0 Å². The summed E-state index contributed by atoms with van der Waals surface area (Å²) in [5.41, 5.74) is 13.8. The predicted molar refractivity (Wildman–Crippen MR) is 185 cm³/mol. The molecule has 3 unspecified atom stereocenters. The molecule has 0 fully saturated rings. The van der Waals surface area contributed by atoms with Crippen LogP contribution < -0.4 is 11.5 Å². The molecule has 0 aliphatic carbocycles. The molecule has 9 heteroatoms. The van der Waals surface area contributed by atoms with Crippen LogP contribution in [0.3, 0.4) is 0 Å². The fourth-order valence-corrected chi connectivity index (χ4v) is 23.6. The maximum absolute atomic E-state index is 7.52. The van der Waals surface area contributed by atoms with Crippen LogP contribution in [-0.4, -0.2) is 62.2 Å². The molecule has 0 rings (SSSR count). The molecule has 39 heavy (non-hydrogen) atoms. The van der Waals surface area contributed by atoms with E-state index in [1.165, 1.54) is 6.04 Å². The summed E-state index contributed by atoms with van der Waals surface area (Å²) in [4.78, 5) is 0. The summed E-state index contributed by atoms with van der Waals surface area (Å²) in [6.45, 7) is 38.8. The van der Waals surface area contributed by atoms with Gasteiger partial charge in [0.2, 0.25) is 0 Å². The van der Waals surface area contributed by atoms with Crippen molar-refractivity contribution < 1.29 is 13.3 Å². The Morgan fingerprint density at radius 3 is 1.54 bits per heavy atom. The van der Waals surface area contributed by atoms with Crippen LogP contribution in [0.4, 0.5) is 0 Å². The van der Waals surface area contributed by atoms with E-state index in [9.17, 15) is 0 Å². The molecule has 0 saturated carbocycles. The van der Waals surface area contributed by atoms with Crippen LogP contribution in [0.25, 0.3) is 0 Å². The molecule has 0 amide bonds. The van der Waals surface area contributed by atoms with E-state index in [1.54, 1.807) is 0 Å². The minimum absolute atomic E-state index is 0.0452. The Kier molecular flexibility index (Phi) is 15.4. The van der Waals surface area contributed by atoms with E-state index >= 15 is 0 Å². The SMILES string of the molecule is C=C[Si](C)(OC(C)(C)C(CC)[Si](C)(C)OC(CC)(CC)[Si](C)(C)CCCN)OC(C)(CC)[Si](C)(C)CCCN. The topological polar surface area (TPSA) is 79.7 Å². The van der Waals surface area contributed by atoms with Gasteiger partial charge in [-0.05, 0) is 91.3 Å². The van der Waals surface area contributed by atoms with Gasteiger partial charge in [0.05, 0.1) is 21.7 Å². The Morgan fingerprint density at radius 1 is 0.718 bits per heavy atom. The van der Waals surface area contributed by atoms with Crippen LogP contribution in [-0.2, 0) is 13.3 Å². The van der Waals surface area contributed by atoms with E-state index < -0.39 is 38.6 Å². The third-order valence-corrected chi connectivity index (χ3v) is 26.7. The molecule has 0 heterocycles. The van der Waals surface area contributed by atoms with E-state index in [4.69, 9.17) is 24.7 Å². The zero-order valence-electron chi connectivity index (χ0n) is 28.8. The van der Waals surface area contributed by atoms with E-state index in [0.717, 1.165) is 57.7 Å². The summed E-state index contributed by atoms with van der Waals surface area (Å²) in [5.74, 6) is 0. The Bertz CT molecular complexity index is 744. The quantitative estimate of drug-likeness (QED) is 0.126. The molecule has 0 aliphatic heterocycles. The van der Waals surface area contributed by atoms with Crippen LogP contribution in [0.1, 0.15) is 87.0 Å². The van der Waals surface area contributed by atoms with Crippen LogP contribution in [0, 0.1) is 0 Å². The lowest BCUT2D eigenvalue weighted by Gasteiger charge is -2.54. The molecule has 0 saturated heterocycles. The molecule has 234 valence electrons. The molecule has 0 spiro atoms. The van der Waals surface area contributed by atoms with E-state index in [0.29, 0.717) is 5.54 Å². The fourth-order valence-electron chi connectivity index (χ4n) is 7.30. The maximum Gasteiger partial charge on any atom is 0.361 e. The summed E-state index contributed by atoms with van der Waals surface area (Å²) in [6, 6.07) is 2.37. The average Bonchev–Trinajstić information content (AvgIpc) is 2.83. The standard InChI is InChI=1S/C30H70N2O3Si4/c1-16-27(38(13,14)35-30(18-3,19-4)37(11,12)26-22-24-32)28(6,7)33-39(15,20-5)34-29(8,17-2)36(9,10)25-21-23-31/h20,27H,5,16-19,21-26,31-32H2,1-4,6-15H3. The van der Waals surface area contributed by atoms with Gasteiger partial charge in [-0.3, -0.25) is 0 Å². The van der Waals surface area contributed by atoms with Gasteiger partial charge in [-0.25, -0.2) is 0 Å². The second-order valence-corrected chi connectivity index (χ2v) is 32.0. The van der Waals surface area contributed by atoms with Crippen molar-refractivity contribution in [2.45, 2.75) is 166 Å².